The van der Waals surface area contributed by atoms with Crippen LogP contribution in [0, 0.1) is 6.92 Å². The first-order valence-electron chi connectivity index (χ1n) is 6.25. The predicted molar refractivity (Wildman–Crippen MR) is 75.1 cm³/mol. The number of rotatable bonds is 2. The summed E-state index contributed by atoms with van der Waals surface area (Å²) in [6.45, 7) is 4.43. The normalized spacial score (nSPS) is 18.4. The van der Waals surface area contributed by atoms with E-state index in [9.17, 15) is 0 Å². The van der Waals surface area contributed by atoms with E-state index in [4.69, 9.17) is 11.6 Å². The third-order valence-electron chi connectivity index (χ3n) is 3.72. The van der Waals surface area contributed by atoms with E-state index >= 15 is 0 Å². The molecule has 1 fully saturated rings. The molecule has 0 unspecified atom stereocenters. The molecule has 2 rings (SSSR count). The molecular weight excluding hydrogens is 232 g/mol. The van der Waals surface area contributed by atoms with Crippen LogP contribution in [-0.2, 0) is 0 Å². The van der Waals surface area contributed by atoms with Gasteiger partial charge in [-0.25, -0.2) is 0 Å². The van der Waals surface area contributed by atoms with Crippen molar-refractivity contribution in [2.75, 3.05) is 32.1 Å². The van der Waals surface area contributed by atoms with Gasteiger partial charge in [0.1, 0.15) is 0 Å². The molecule has 0 aromatic heterocycles. The van der Waals surface area contributed by atoms with Crippen LogP contribution in [0.15, 0.2) is 18.2 Å². The van der Waals surface area contributed by atoms with E-state index in [1.165, 1.54) is 31.5 Å². The van der Waals surface area contributed by atoms with Gasteiger partial charge in [0.15, 0.2) is 0 Å². The van der Waals surface area contributed by atoms with Gasteiger partial charge in [0, 0.05) is 13.1 Å². The number of likely N-dealkylation sites (tertiary alicyclic amines) is 1. The van der Waals surface area contributed by atoms with Crippen LogP contribution in [0.5, 0.6) is 0 Å². The third kappa shape index (κ3) is 2.93. The van der Waals surface area contributed by atoms with Crippen molar-refractivity contribution in [3.05, 3.63) is 28.8 Å². The molecule has 17 heavy (non-hydrogen) atoms. The Kier molecular flexibility index (Phi) is 3.95. The molecule has 94 valence electrons. The third-order valence-corrected chi connectivity index (χ3v) is 4.02. The average Bonchev–Trinajstić information content (AvgIpc) is 2.29. The summed E-state index contributed by atoms with van der Waals surface area (Å²) in [5, 5.41) is 0.867. The fraction of sp³-hybridized carbons (Fsp3) is 0.571. The molecule has 0 saturated carbocycles. The lowest BCUT2D eigenvalue weighted by Gasteiger charge is -2.36. The molecule has 1 heterocycles. The van der Waals surface area contributed by atoms with E-state index in [1.807, 2.05) is 6.07 Å². The molecular formula is C14H21ClN2. The Morgan fingerprint density at radius 2 is 1.94 bits per heavy atom. The molecule has 0 radical (unpaired) electrons. The van der Waals surface area contributed by atoms with E-state index < -0.39 is 0 Å². The van der Waals surface area contributed by atoms with Gasteiger partial charge in [0.05, 0.1) is 10.7 Å². The van der Waals surface area contributed by atoms with Crippen molar-refractivity contribution >= 4 is 17.3 Å². The van der Waals surface area contributed by atoms with Gasteiger partial charge >= 0.3 is 0 Å². The van der Waals surface area contributed by atoms with Crippen molar-refractivity contribution in [2.24, 2.45) is 0 Å². The molecule has 1 aromatic rings. The maximum absolute atomic E-state index is 6.32. The molecule has 0 bridgehead atoms. The minimum absolute atomic E-state index is 0.617. The fourth-order valence-electron chi connectivity index (χ4n) is 2.48. The zero-order chi connectivity index (χ0) is 12.4. The first kappa shape index (κ1) is 12.7. The van der Waals surface area contributed by atoms with Crippen LogP contribution in [0.25, 0.3) is 0 Å². The first-order chi connectivity index (χ1) is 8.08. The highest BCUT2D eigenvalue weighted by atomic mass is 35.5. The first-order valence-corrected chi connectivity index (χ1v) is 6.63. The Hall–Kier alpha value is -0.730. The number of nitrogens with zero attached hydrogens (tertiary/aromatic N) is 2. The summed E-state index contributed by atoms with van der Waals surface area (Å²) < 4.78 is 0. The van der Waals surface area contributed by atoms with Crippen LogP contribution in [0.1, 0.15) is 18.4 Å². The van der Waals surface area contributed by atoms with Crippen LogP contribution in [0.2, 0.25) is 5.02 Å². The number of aryl methyl sites for hydroxylation is 1. The van der Waals surface area contributed by atoms with Crippen molar-refractivity contribution in [1.82, 2.24) is 4.90 Å². The van der Waals surface area contributed by atoms with E-state index in [1.54, 1.807) is 0 Å². The Balaban J connectivity index is 2.11. The number of benzene rings is 1. The average molecular weight is 253 g/mol. The van der Waals surface area contributed by atoms with E-state index in [0.717, 1.165) is 10.7 Å². The summed E-state index contributed by atoms with van der Waals surface area (Å²) in [4.78, 5) is 4.73. The van der Waals surface area contributed by atoms with Gasteiger partial charge in [-0.1, -0.05) is 17.7 Å². The standard InChI is InChI=1S/C14H21ClN2/c1-11-4-5-14(13(15)10-11)17(3)12-6-8-16(2)9-7-12/h4-5,10,12H,6-9H2,1-3H3. The van der Waals surface area contributed by atoms with Crippen LogP contribution in [-0.4, -0.2) is 38.1 Å². The lowest BCUT2D eigenvalue weighted by Crippen LogP contribution is -2.42. The number of anilines is 1. The van der Waals surface area contributed by atoms with Gasteiger partial charge in [-0.15, -0.1) is 0 Å². The minimum Gasteiger partial charge on any atom is -0.370 e. The number of hydrogen-bond acceptors (Lipinski definition) is 2. The summed E-state index contributed by atoms with van der Waals surface area (Å²) in [7, 11) is 4.35. The van der Waals surface area contributed by atoms with Gasteiger partial charge in [0.25, 0.3) is 0 Å². The largest absolute Gasteiger partial charge is 0.370 e. The molecule has 1 aliphatic rings. The zero-order valence-electron chi connectivity index (χ0n) is 10.9. The van der Waals surface area contributed by atoms with Crippen molar-refractivity contribution in [3.8, 4) is 0 Å². The second kappa shape index (κ2) is 5.28. The van der Waals surface area contributed by atoms with Crippen LogP contribution in [0.3, 0.4) is 0 Å². The molecule has 1 saturated heterocycles. The molecule has 2 nitrogen and oxygen atoms in total. The molecule has 0 amide bonds. The summed E-state index contributed by atoms with van der Waals surface area (Å²) in [5.74, 6) is 0. The maximum Gasteiger partial charge on any atom is 0.0642 e. The second-order valence-electron chi connectivity index (χ2n) is 5.10. The predicted octanol–water partition coefficient (Wildman–Crippen LogP) is 3.18. The summed E-state index contributed by atoms with van der Waals surface area (Å²) in [5.41, 5.74) is 2.38. The van der Waals surface area contributed by atoms with Crippen molar-refractivity contribution in [1.29, 1.82) is 0 Å². The molecule has 0 N–H and O–H groups in total. The van der Waals surface area contributed by atoms with Crippen molar-refractivity contribution in [3.63, 3.8) is 0 Å². The Labute approximate surface area is 109 Å². The summed E-state index contributed by atoms with van der Waals surface area (Å²) >= 11 is 6.32. The van der Waals surface area contributed by atoms with Crippen molar-refractivity contribution < 1.29 is 0 Å². The van der Waals surface area contributed by atoms with E-state index in [2.05, 4.69) is 43.0 Å². The van der Waals surface area contributed by atoms with E-state index in [-0.39, 0.29) is 0 Å². The zero-order valence-corrected chi connectivity index (χ0v) is 11.7. The molecule has 0 atom stereocenters. The fourth-order valence-corrected chi connectivity index (χ4v) is 2.85. The smallest absolute Gasteiger partial charge is 0.0642 e. The highest BCUT2D eigenvalue weighted by molar-refractivity contribution is 6.33. The molecule has 1 aromatic carbocycles. The topological polar surface area (TPSA) is 6.48 Å². The Morgan fingerprint density at radius 1 is 1.29 bits per heavy atom. The van der Waals surface area contributed by atoms with Gasteiger partial charge < -0.3 is 9.80 Å². The number of hydrogen-bond donors (Lipinski definition) is 0. The lowest BCUT2D eigenvalue weighted by atomic mass is 10.0. The summed E-state index contributed by atoms with van der Waals surface area (Å²) in [6.07, 6.45) is 2.44. The van der Waals surface area contributed by atoms with Crippen LogP contribution >= 0.6 is 11.6 Å². The quantitative estimate of drug-likeness (QED) is 0.798. The molecule has 3 heteroatoms. The van der Waals surface area contributed by atoms with Gasteiger partial charge in [-0.3, -0.25) is 0 Å². The summed E-state index contributed by atoms with van der Waals surface area (Å²) in [6, 6.07) is 6.93. The van der Waals surface area contributed by atoms with Crippen LogP contribution < -0.4 is 4.90 Å². The van der Waals surface area contributed by atoms with Gasteiger partial charge in [0.2, 0.25) is 0 Å². The molecule has 0 aliphatic carbocycles. The molecule has 0 spiro atoms. The van der Waals surface area contributed by atoms with Gasteiger partial charge in [-0.2, -0.15) is 0 Å². The Bertz CT molecular complexity index is 384. The monoisotopic (exact) mass is 252 g/mol. The second-order valence-corrected chi connectivity index (χ2v) is 5.51. The van der Waals surface area contributed by atoms with Crippen LogP contribution in [0.4, 0.5) is 5.69 Å². The lowest BCUT2D eigenvalue weighted by molar-refractivity contribution is 0.253. The SMILES string of the molecule is Cc1ccc(N(C)C2CCN(C)CC2)c(Cl)c1. The van der Waals surface area contributed by atoms with Gasteiger partial charge in [-0.05, 0) is 57.6 Å². The Morgan fingerprint density at radius 3 is 2.53 bits per heavy atom. The number of halogens is 1. The molecule has 1 aliphatic heterocycles. The number of piperidine rings is 1. The highest BCUT2D eigenvalue weighted by Crippen LogP contribution is 2.29. The highest BCUT2D eigenvalue weighted by Gasteiger charge is 2.21. The van der Waals surface area contributed by atoms with Crippen molar-refractivity contribution in [2.45, 2.75) is 25.8 Å². The minimum atomic E-state index is 0.617. The maximum atomic E-state index is 6.32. The van der Waals surface area contributed by atoms with E-state index in [0.29, 0.717) is 6.04 Å².